The monoisotopic (exact) mass is 211 g/mol. The van der Waals surface area contributed by atoms with Crippen LogP contribution in [0.3, 0.4) is 0 Å². The van der Waals surface area contributed by atoms with Crippen molar-refractivity contribution in [2.75, 3.05) is 0 Å². The summed E-state index contributed by atoms with van der Waals surface area (Å²) >= 11 is 5.86. The molecule has 0 saturated heterocycles. The molecule has 0 amide bonds. The quantitative estimate of drug-likeness (QED) is 0.717. The van der Waals surface area contributed by atoms with Crippen LogP contribution in [0.1, 0.15) is 5.56 Å². The van der Waals surface area contributed by atoms with E-state index >= 15 is 0 Å². The highest BCUT2D eigenvalue weighted by molar-refractivity contribution is 6.35. The third kappa shape index (κ3) is 1.33. The number of aryl methyl sites for hydroxylation is 1. The molecule has 0 aliphatic rings. The third-order valence-electron chi connectivity index (χ3n) is 1.87. The van der Waals surface area contributed by atoms with Crippen molar-refractivity contribution in [2.24, 2.45) is 0 Å². The van der Waals surface area contributed by atoms with Crippen LogP contribution >= 0.6 is 11.6 Å². The van der Waals surface area contributed by atoms with Crippen molar-refractivity contribution < 1.29 is 4.42 Å². The normalized spacial score (nSPS) is 10.7. The van der Waals surface area contributed by atoms with Crippen LogP contribution in [0.15, 0.2) is 26.1 Å². The van der Waals surface area contributed by atoms with E-state index in [0.717, 1.165) is 5.56 Å². The molecule has 1 heterocycles. The highest BCUT2D eigenvalue weighted by Gasteiger charge is 2.06. The molecule has 0 bridgehead atoms. The first-order valence-corrected chi connectivity index (χ1v) is 4.29. The number of benzene rings is 1. The maximum atomic E-state index is 11.3. The lowest BCUT2D eigenvalue weighted by molar-refractivity contribution is 0.460. The van der Waals surface area contributed by atoms with E-state index in [0.29, 0.717) is 10.5 Å². The molecular formula is C9H6ClNO3. The van der Waals surface area contributed by atoms with Gasteiger partial charge >= 0.3 is 11.4 Å². The van der Waals surface area contributed by atoms with Gasteiger partial charge in [-0.05, 0) is 24.6 Å². The van der Waals surface area contributed by atoms with Gasteiger partial charge in [0.15, 0.2) is 0 Å². The van der Waals surface area contributed by atoms with E-state index in [-0.39, 0.29) is 5.39 Å². The van der Waals surface area contributed by atoms with E-state index in [1.165, 1.54) is 0 Å². The Morgan fingerprint density at radius 1 is 1.36 bits per heavy atom. The fourth-order valence-electron chi connectivity index (χ4n) is 1.30. The van der Waals surface area contributed by atoms with E-state index < -0.39 is 11.4 Å². The maximum Gasteiger partial charge on any atom is 0.419 e. The van der Waals surface area contributed by atoms with Gasteiger partial charge in [-0.3, -0.25) is 4.98 Å². The summed E-state index contributed by atoms with van der Waals surface area (Å²) in [4.78, 5) is 24.5. The molecule has 0 saturated carbocycles. The molecule has 0 aliphatic carbocycles. The first-order chi connectivity index (χ1) is 6.58. The highest BCUT2D eigenvalue weighted by atomic mass is 35.5. The zero-order valence-electron chi connectivity index (χ0n) is 7.26. The molecule has 0 aliphatic heterocycles. The van der Waals surface area contributed by atoms with Gasteiger partial charge in [-0.1, -0.05) is 11.6 Å². The van der Waals surface area contributed by atoms with Crippen LogP contribution in [0.2, 0.25) is 5.02 Å². The molecule has 1 aromatic heterocycles. The summed E-state index contributed by atoms with van der Waals surface area (Å²) in [5, 5.41) is 0.625. The number of H-pyrrole nitrogens is 1. The van der Waals surface area contributed by atoms with Crippen molar-refractivity contribution >= 4 is 22.5 Å². The number of halogens is 1. The Morgan fingerprint density at radius 2 is 2.07 bits per heavy atom. The summed E-state index contributed by atoms with van der Waals surface area (Å²) in [6.07, 6.45) is 0. The lowest BCUT2D eigenvalue weighted by Crippen LogP contribution is -2.14. The Bertz CT molecular complexity index is 611. The van der Waals surface area contributed by atoms with Crippen LogP contribution in [0.25, 0.3) is 10.9 Å². The summed E-state index contributed by atoms with van der Waals surface area (Å²) in [6, 6.07) is 3.28. The van der Waals surface area contributed by atoms with E-state index in [9.17, 15) is 9.59 Å². The Balaban J connectivity index is 3.10. The van der Waals surface area contributed by atoms with Gasteiger partial charge in [0.25, 0.3) is 0 Å². The molecule has 0 radical (unpaired) electrons. The molecule has 4 nitrogen and oxygen atoms in total. The van der Waals surface area contributed by atoms with Crippen LogP contribution in [-0.4, -0.2) is 4.98 Å². The number of aromatic nitrogens is 1. The van der Waals surface area contributed by atoms with Gasteiger partial charge in [0, 0.05) is 0 Å². The standard InChI is InChI=1S/C9H6ClNO3/c1-4-2-5-7(6(10)3-4)11-9(13)14-8(5)12/h2-3H,1H3,(H,11,13). The Hall–Kier alpha value is -1.55. The minimum absolute atomic E-state index is 0.287. The fraction of sp³-hybridized carbons (Fsp3) is 0.111. The third-order valence-corrected chi connectivity index (χ3v) is 2.17. The predicted octanol–water partition coefficient (Wildman–Crippen LogP) is 1.44. The Kier molecular flexibility index (Phi) is 1.93. The van der Waals surface area contributed by atoms with Crippen LogP contribution in [0, 0.1) is 6.92 Å². The first kappa shape index (κ1) is 9.02. The number of hydrogen-bond acceptors (Lipinski definition) is 3. The van der Waals surface area contributed by atoms with Crippen molar-refractivity contribution in [3.05, 3.63) is 43.7 Å². The van der Waals surface area contributed by atoms with Crippen molar-refractivity contribution in [3.63, 3.8) is 0 Å². The summed E-state index contributed by atoms with van der Waals surface area (Å²) < 4.78 is 4.38. The lowest BCUT2D eigenvalue weighted by Gasteiger charge is -1.99. The van der Waals surface area contributed by atoms with E-state index in [1.807, 2.05) is 0 Å². The Labute approximate surface area is 83.1 Å². The second-order valence-corrected chi connectivity index (χ2v) is 3.38. The van der Waals surface area contributed by atoms with Crippen molar-refractivity contribution in [1.29, 1.82) is 0 Å². The summed E-state index contributed by atoms with van der Waals surface area (Å²) in [6.45, 7) is 1.80. The average molecular weight is 212 g/mol. The summed E-state index contributed by atoms with van der Waals surface area (Å²) in [5.41, 5.74) is 0.481. The summed E-state index contributed by atoms with van der Waals surface area (Å²) in [5.74, 6) is -0.798. The molecule has 14 heavy (non-hydrogen) atoms. The molecule has 2 aromatic rings. The second kappa shape index (κ2) is 2.99. The predicted molar refractivity (Wildman–Crippen MR) is 52.9 cm³/mol. The van der Waals surface area contributed by atoms with Gasteiger partial charge in [0.05, 0.1) is 15.9 Å². The van der Waals surface area contributed by atoms with Gasteiger partial charge in [0.2, 0.25) is 0 Å². The van der Waals surface area contributed by atoms with Gasteiger partial charge in [0.1, 0.15) is 0 Å². The number of aromatic amines is 1. The number of fused-ring (bicyclic) bond motifs is 1. The summed E-state index contributed by atoms with van der Waals surface area (Å²) in [7, 11) is 0. The SMILES string of the molecule is Cc1cc(Cl)c2[nH]c(=O)oc(=O)c2c1. The number of hydrogen-bond donors (Lipinski definition) is 1. The molecule has 0 atom stereocenters. The number of nitrogens with one attached hydrogen (secondary N) is 1. The molecule has 0 unspecified atom stereocenters. The van der Waals surface area contributed by atoms with Gasteiger partial charge in [-0.2, -0.15) is 0 Å². The van der Waals surface area contributed by atoms with Crippen LogP contribution < -0.4 is 11.4 Å². The van der Waals surface area contributed by atoms with Crippen LogP contribution in [-0.2, 0) is 0 Å². The topological polar surface area (TPSA) is 63.1 Å². The molecule has 2 rings (SSSR count). The van der Waals surface area contributed by atoms with Crippen molar-refractivity contribution in [3.8, 4) is 0 Å². The van der Waals surface area contributed by atoms with Crippen LogP contribution in [0.4, 0.5) is 0 Å². The second-order valence-electron chi connectivity index (χ2n) is 2.97. The first-order valence-electron chi connectivity index (χ1n) is 3.91. The number of rotatable bonds is 0. The zero-order chi connectivity index (χ0) is 10.3. The molecular weight excluding hydrogens is 206 g/mol. The molecule has 0 fully saturated rings. The van der Waals surface area contributed by atoms with Crippen molar-refractivity contribution in [1.82, 2.24) is 4.98 Å². The van der Waals surface area contributed by atoms with E-state index in [1.54, 1.807) is 19.1 Å². The lowest BCUT2D eigenvalue weighted by atomic mass is 10.2. The fourth-order valence-corrected chi connectivity index (χ4v) is 1.62. The van der Waals surface area contributed by atoms with Gasteiger partial charge in [-0.25, -0.2) is 9.59 Å². The average Bonchev–Trinajstić information content (AvgIpc) is 2.07. The maximum absolute atomic E-state index is 11.3. The smallest absolute Gasteiger partial charge is 0.372 e. The van der Waals surface area contributed by atoms with E-state index in [4.69, 9.17) is 11.6 Å². The van der Waals surface area contributed by atoms with Gasteiger partial charge in [-0.15, -0.1) is 0 Å². The van der Waals surface area contributed by atoms with E-state index in [2.05, 4.69) is 9.40 Å². The minimum Gasteiger partial charge on any atom is -0.372 e. The molecule has 0 spiro atoms. The Morgan fingerprint density at radius 3 is 2.79 bits per heavy atom. The zero-order valence-corrected chi connectivity index (χ0v) is 8.01. The largest absolute Gasteiger partial charge is 0.419 e. The molecule has 1 aromatic carbocycles. The highest BCUT2D eigenvalue weighted by Crippen LogP contribution is 2.19. The molecule has 72 valence electrons. The van der Waals surface area contributed by atoms with Crippen LogP contribution in [0.5, 0.6) is 0 Å². The molecule has 5 heteroatoms. The molecule has 1 N–H and O–H groups in total. The van der Waals surface area contributed by atoms with Gasteiger partial charge < -0.3 is 4.42 Å². The minimum atomic E-state index is -0.798. The van der Waals surface area contributed by atoms with Crippen molar-refractivity contribution in [2.45, 2.75) is 6.92 Å².